The smallest absolute Gasteiger partial charge is 0.241 e. The van der Waals surface area contributed by atoms with Gasteiger partial charge in [0, 0.05) is 23.6 Å². The first kappa shape index (κ1) is 20.6. The zero-order valence-electron chi connectivity index (χ0n) is 15.1. The van der Waals surface area contributed by atoms with Crippen molar-refractivity contribution in [3.05, 3.63) is 53.1 Å². The van der Waals surface area contributed by atoms with Crippen LogP contribution >= 0.6 is 11.6 Å². The lowest BCUT2D eigenvalue weighted by Gasteiger charge is -2.24. The standard InChI is InChI=1S/C19H21ClN2O5S/c20-16-4-2-1-3-13(16)11-19(23)22-14-5-6-17(18(12-14)28(21,24)25)27-15-7-9-26-10-8-15/h1-6,12,15H,7-11H2,(H,22,23)(H2,21,24,25). The van der Waals surface area contributed by atoms with Crippen LogP contribution in [-0.2, 0) is 26.0 Å². The predicted molar refractivity (Wildman–Crippen MR) is 106 cm³/mol. The Balaban J connectivity index is 1.76. The van der Waals surface area contributed by atoms with Crippen molar-refractivity contribution >= 4 is 33.2 Å². The average Bonchev–Trinajstić information content (AvgIpc) is 2.65. The molecule has 0 saturated carbocycles. The molecular weight excluding hydrogens is 404 g/mol. The van der Waals surface area contributed by atoms with E-state index in [0.717, 1.165) is 0 Å². The van der Waals surface area contributed by atoms with E-state index in [4.69, 9.17) is 26.2 Å². The number of rotatable bonds is 6. The quantitative estimate of drug-likeness (QED) is 0.741. The Hall–Kier alpha value is -2.13. The Morgan fingerprint density at radius 1 is 1.21 bits per heavy atom. The molecule has 1 heterocycles. The molecular formula is C19H21ClN2O5S. The van der Waals surface area contributed by atoms with Gasteiger partial charge in [-0.25, -0.2) is 13.6 Å². The third kappa shape index (κ3) is 5.45. The molecule has 28 heavy (non-hydrogen) atoms. The summed E-state index contributed by atoms with van der Waals surface area (Å²) in [4.78, 5) is 12.1. The molecule has 9 heteroatoms. The van der Waals surface area contributed by atoms with Crippen molar-refractivity contribution in [2.24, 2.45) is 5.14 Å². The minimum Gasteiger partial charge on any atom is -0.489 e. The molecule has 2 aromatic rings. The molecule has 1 aliphatic rings. The molecule has 7 nitrogen and oxygen atoms in total. The molecule has 0 aliphatic carbocycles. The highest BCUT2D eigenvalue weighted by atomic mass is 35.5. The number of nitrogens with two attached hydrogens (primary N) is 1. The van der Waals surface area contributed by atoms with Gasteiger partial charge < -0.3 is 14.8 Å². The maximum absolute atomic E-state index is 12.3. The first-order chi connectivity index (χ1) is 13.3. The van der Waals surface area contributed by atoms with Crippen LogP contribution in [0.15, 0.2) is 47.4 Å². The Morgan fingerprint density at radius 2 is 1.93 bits per heavy atom. The molecule has 1 saturated heterocycles. The summed E-state index contributed by atoms with van der Waals surface area (Å²) in [6.45, 7) is 1.12. The molecule has 0 unspecified atom stereocenters. The fourth-order valence-electron chi connectivity index (χ4n) is 2.90. The van der Waals surface area contributed by atoms with E-state index < -0.39 is 10.0 Å². The molecule has 150 valence electrons. The van der Waals surface area contributed by atoms with Gasteiger partial charge in [-0.3, -0.25) is 4.79 Å². The molecule has 0 aromatic heterocycles. The Kier molecular flexibility index (Phi) is 6.56. The minimum atomic E-state index is -4.04. The number of ether oxygens (including phenoxy) is 2. The van der Waals surface area contributed by atoms with Crippen molar-refractivity contribution in [2.75, 3.05) is 18.5 Å². The van der Waals surface area contributed by atoms with E-state index in [0.29, 0.717) is 42.3 Å². The second-order valence-corrected chi connectivity index (χ2v) is 8.39. The van der Waals surface area contributed by atoms with Gasteiger partial charge in [-0.2, -0.15) is 0 Å². The number of primary sulfonamides is 1. The lowest BCUT2D eigenvalue weighted by molar-refractivity contribution is -0.115. The maximum Gasteiger partial charge on any atom is 0.241 e. The summed E-state index contributed by atoms with van der Waals surface area (Å²) in [6, 6.07) is 11.4. The van der Waals surface area contributed by atoms with Crippen LogP contribution in [0.2, 0.25) is 5.02 Å². The van der Waals surface area contributed by atoms with E-state index in [1.165, 1.54) is 12.1 Å². The second kappa shape index (κ2) is 8.91. The number of anilines is 1. The van der Waals surface area contributed by atoms with Gasteiger partial charge in [-0.1, -0.05) is 29.8 Å². The number of sulfonamides is 1. The van der Waals surface area contributed by atoms with Crippen LogP contribution in [0.25, 0.3) is 0 Å². The van der Waals surface area contributed by atoms with E-state index in [2.05, 4.69) is 5.32 Å². The van der Waals surface area contributed by atoms with Gasteiger partial charge in [-0.15, -0.1) is 0 Å². The summed E-state index contributed by atoms with van der Waals surface area (Å²) in [5.74, 6) is -0.162. The molecule has 1 aliphatic heterocycles. The number of amides is 1. The molecule has 0 atom stereocenters. The van der Waals surface area contributed by atoms with Crippen molar-refractivity contribution in [1.82, 2.24) is 0 Å². The number of hydrogen-bond acceptors (Lipinski definition) is 5. The molecule has 0 spiro atoms. The molecule has 2 aromatic carbocycles. The van der Waals surface area contributed by atoms with Crippen LogP contribution in [0.1, 0.15) is 18.4 Å². The number of hydrogen-bond donors (Lipinski definition) is 2. The summed E-state index contributed by atoms with van der Waals surface area (Å²) in [5.41, 5.74) is 0.980. The highest BCUT2D eigenvalue weighted by molar-refractivity contribution is 7.89. The zero-order valence-corrected chi connectivity index (χ0v) is 16.6. The van der Waals surface area contributed by atoms with Gasteiger partial charge in [-0.05, 0) is 29.8 Å². The normalized spacial score (nSPS) is 15.2. The average molecular weight is 425 g/mol. The van der Waals surface area contributed by atoms with E-state index in [1.54, 1.807) is 30.3 Å². The monoisotopic (exact) mass is 424 g/mol. The summed E-state index contributed by atoms with van der Waals surface area (Å²) in [5, 5.41) is 8.50. The van der Waals surface area contributed by atoms with Gasteiger partial charge in [0.05, 0.1) is 19.6 Å². The number of halogens is 1. The van der Waals surface area contributed by atoms with E-state index in [1.807, 2.05) is 0 Å². The van der Waals surface area contributed by atoms with Crippen molar-refractivity contribution < 1.29 is 22.7 Å². The van der Waals surface area contributed by atoms with Gasteiger partial charge in [0.15, 0.2) is 0 Å². The lowest BCUT2D eigenvalue weighted by atomic mass is 10.1. The van der Waals surface area contributed by atoms with Crippen LogP contribution in [0.3, 0.4) is 0 Å². The van der Waals surface area contributed by atoms with Crippen molar-refractivity contribution in [2.45, 2.75) is 30.3 Å². The van der Waals surface area contributed by atoms with Gasteiger partial charge in [0.2, 0.25) is 15.9 Å². The SMILES string of the molecule is NS(=O)(=O)c1cc(NC(=O)Cc2ccccc2Cl)ccc1OC1CCOCC1. The predicted octanol–water partition coefficient (Wildman–Crippen LogP) is 2.73. The minimum absolute atomic E-state index is 0.0602. The van der Waals surface area contributed by atoms with Crippen LogP contribution in [-0.4, -0.2) is 33.6 Å². The fourth-order valence-corrected chi connectivity index (χ4v) is 3.79. The highest BCUT2D eigenvalue weighted by Gasteiger charge is 2.22. The molecule has 0 radical (unpaired) electrons. The number of carbonyl (C=O) groups excluding carboxylic acids is 1. The number of nitrogens with one attached hydrogen (secondary N) is 1. The van der Waals surface area contributed by atoms with Gasteiger partial charge in [0.25, 0.3) is 0 Å². The summed E-state index contributed by atoms with van der Waals surface area (Å²) < 4.78 is 35.1. The van der Waals surface area contributed by atoms with Crippen LogP contribution < -0.4 is 15.2 Å². The summed E-state index contributed by atoms with van der Waals surface area (Å²) in [7, 11) is -4.04. The Morgan fingerprint density at radius 3 is 2.61 bits per heavy atom. The lowest BCUT2D eigenvalue weighted by Crippen LogP contribution is -2.27. The third-order valence-electron chi connectivity index (χ3n) is 4.30. The Bertz CT molecular complexity index is 959. The van der Waals surface area contributed by atoms with Crippen LogP contribution in [0.4, 0.5) is 5.69 Å². The highest BCUT2D eigenvalue weighted by Crippen LogP contribution is 2.29. The molecule has 3 N–H and O–H groups in total. The first-order valence-corrected chi connectivity index (χ1v) is 10.7. The second-order valence-electron chi connectivity index (χ2n) is 6.45. The zero-order chi connectivity index (χ0) is 20.1. The van der Waals surface area contributed by atoms with Gasteiger partial charge in [0.1, 0.15) is 16.7 Å². The third-order valence-corrected chi connectivity index (χ3v) is 5.61. The largest absolute Gasteiger partial charge is 0.489 e. The van der Waals surface area contributed by atoms with Crippen LogP contribution in [0, 0.1) is 0 Å². The molecule has 0 bridgehead atoms. The van der Waals surface area contributed by atoms with Crippen molar-refractivity contribution in [1.29, 1.82) is 0 Å². The number of carbonyl (C=O) groups is 1. The Labute approximate surface area is 168 Å². The number of benzene rings is 2. The first-order valence-electron chi connectivity index (χ1n) is 8.77. The molecule has 1 amide bonds. The van der Waals surface area contributed by atoms with Crippen molar-refractivity contribution in [3.8, 4) is 5.75 Å². The van der Waals surface area contributed by atoms with Crippen LogP contribution in [0.5, 0.6) is 5.75 Å². The topological polar surface area (TPSA) is 108 Å². The molecule has 3 rings (SSSR count). The fraction of sp³-hybridized carbons (Fsp3) is 0.316. The molecule has 1 fully saturated rings. The van der Waals surface area contributed by atoms with Gasteiger partial charge >= 0.3 is 0 Å². The summed E-state index contributed by atoms with van der Waals surface area (Å²) in [6.07, 6.45) is 1.25. The van der Waals surface area contributed by atoms with E-state index in [9.17, 15) is 13.2 Å². The van der Waals surface area contributed by atoms with E-state index in [-0.39, 0.29) is 29.1 Å². The summed E-state index contributed by atoms with van der Waals surface area (Å²) >= 11 is 6.07. The van der Waals surface area contributed by atoms with Crippen molar-refractivity contribution in [3.63, 3.8) is 0 Å². The maximum atomic E-state index is 12.3. The van der Waals surface area contributed by atoms with E-state index >= 15 is 0 Å².